The molecule has 1 unspecified atom stereocenters. The zero-order chi connectivity index (χ0) is 18.4. The second-order valence-electron chi connectivity index (χ2n) is 6.73. The first-order valence-corrected chi connectivity index (χ1v) is 9.36. The molecule has 1 aromatic heterocycles. The van der Waals surface area contributed by atoms with E-state index in [2.05, 4.69) is 20.9 Å². The number of aromatic nitrogens is 1. The molecule has 1 atom stereocenters. The summed E-state index contributed by atoms with van der Waals surface area (Å²) in [5.41, 5.74) is 1.23. The Bertz CT molecular complexity index is 782. The number of hydrogen-bond acceptors (Lipinski definition) is 4. The molecular formula is C20H26N4O2. The summed E-state index contributed by atoms with van der Waals surface area (Å²) >= 11 is 0. The van der Waals surface area contributed by atoms with Crippen LogP contribution >= 0.6 is 0 Å². The maximum atomic E-state index is 12.5. The molecular weight excluding hydrogens is 328 g/mol. The Labute approximate surface area is 153 Å². The number of nitrogens with zero attached hydrogens (tertiary/aromatic N) is 1. The average Bonchev–Trinajstić information content (AvgIpc) is 2.89. The molecule has 0 radical (unpaired) electrons. The quantitative estimate of drug-likeness (QED) is 0.771. The lowest BCUT2D eigenvalue weighted by Crippen LogP contribution is -2.24. The van der Waals surface area contributed by atoms with Crippen molar-refractivity contribution in [1.29, 1.82) is 0 Å². The molecule has 6 heteroatoms. The Balaban J connectivity index is 1.78. The topological polar surface area (TPSA) is 83.1 Å². The van der Waals surface area contributed by atoms with Gasteiger partial charge in [0.15, 0.2) is 0 Å². The van der Waals surface area contributed by atoms with E-state index < -0.39 is 0 Å². The van der Waals surface area contributed by atoms with Crippen molar-refractivity contribution in [3.63, 3.8) is 0 Å². The fraction of sp³-hybridized carbons (Fsp3) is 0.450. The number of hydrogen-bond donors (Lipinski definition) is 3. The van der Waals surface area contributed by atoms with Crippen molar-refractivity contribution in [2.75, 3.05) is 25.0 Å². The number of nitrogens with one attached hydrogen (secondary N) is 3. The maximum absolute atomic E-state index is 12.5. The van der Waals surface area contributed by atoms with Crippen LogP contribution in [0.5, 0.6) is 0 Å². The molecule has 0 bridgehead atoms. The first kappa shape index (κ1) is 18.3. The Hall–Kier alpha value is -2.47. The molecule has 26 heavy (non-hydrogen) atoms. The lowest BCUT2D eigenvalue weighted by atomic mass is 9.96. The monoisotopic (exact) mass is 354 g/mol. The van der Waals surface area contributed by atoms with Crippen LogP contribution in [0, 0.1) is 5.92 Å². The molecule has 1 saturated heterocycles. The van der Waals surface area contributed by atoms with Gasteiger partial charge in [-0.1, -0.05) is 18.2 Å². The van der Waals surface area contributed by atoms with Crippen LogP contribution in [-0.2, 0) is 4.79 Å². The van der Waals surface area contributed by atoms with E-state index in [-0.39, 0.29) is 11.8 Å². The summed E-state index contributed by atoms with van der Waals surface area (Å²) in [6.45, 7) is 4.42. The molecule has 2 amide bonds. The first-order chi connectivity index (χ1) is 12.7. The van der Waals surface area contributed by atoms with Gasteiger partial charge >= 0.3 is 0 Å². The number of rotatable bonds is 5. The summed E-state index contributed by atoms with van der Waals surface area (Å²) in [6.07, 6.45) is 3.68. The van der Waals surface area contributed by atoms with Gasteiger partial charge in [0.05, 0.1) is 11.1 Å². The van der Waals surface area contributed by atoms with Crippen molar-refractivity contribution in [3.8, 4) is 0 Å². The van der Waals surface area contributed by atoms with Crippen LogP contribution in [0.3, 0.4) is 0 Å². The largest absolute Gasteiger partial charge is 0.352 e. The van der Waals surface area contributed by atoms with E-state index in [0.717, 1.165) is 37.7 Å². The van der Waals surface area contributed by atoms with E-state index >= 15 is 0 Å². The Morgan fingerprint density at radius 1 is 1.23 bits per heavy atom. The minimum atomic E-state index is -0.156. The van der Waals surface area contributed by atoms with Gasteiger partial charge < -0.3 is 16.0 Å². The van der Waals surface area contributed by atoms with Crippen molar-refractivity contribution in [3.05, 3.63) is 35.9 Å². The van der Waals surface area contributed by atoms with Gasteiger partial charge in [-0.05, 0) is 57.3 Å². The van der Waals surface area contributed by atoms with Crippen molar-refractivity contribution in [2.45, 2.75) is 32.6 Å². The van der Waals surface area contributed by atoms with E-state index in [1.54, 1.807) is 6.07 Å². The summed E-state index contributed by atoms with van der Waals surface area (Å²) in [5.74, 6) is 0.632. The minimum Gasteiger partial charge on any atom is -0.352 e. The Kier molecular flexibility index (Phi) is 6.17. The van der Waals surface area contributed by atoms with Gasteiger partial charge in [-0.3, -0.25) is 9.59 Å². The molecule has 1 fully saturated rings. The summed E-state index contributed by atoms with van der Waals surface area (Å²) in [6, 6.07) is 9.15. The number of benzene rings is 1. The third-order valence-corrected chi connectivity index (χ3v) is 4.73. The van der Waals surface area contributed by atoms with Crippen molar-refractivity contribution < 1.29 is 9.59 Å². The fourth-order valence-corrected chi connectivity index (χ4v) is 3.43. The summed E-state index contributed by atoms with van der Waals surface area (Å²) in [4.78, 5) is 29.4. The zero-order valence-corrected chi connectivity index (χ0v) is 15.2. The molecule has 3 rings (SSSR count). The molecule has 1 aromatic carbocycles. The Morgan fingerprint density at radius 3 is 2.92 bits per heavy atom. The molecule has 6 nitrogen and oxygen atoms in total. The van der Waals surface area contributed by atoms with Gasteiger partial charge in [0, 0.05) is 18.4 Å². The standard InChI is InChI=1S/C20H26N4O2/c1-2-22-20(26)16-13-18(23-17-8-4-3-7-15(16)17)24-19(25)12-14-6-5-10-21-11-9-14/h3-4,7-8,13-14,21H,2,5-6,9-12H2,1H3,(H,22,26)(H,23,24,25). The summed E-state index contributed by atoms with van der Waals surface area (Å²) in [7, 11) is 0. The minimum absolute atomic E-state index is 0.0402. The predicted octanol–water partition coefficient (Wildman–Crippen LogP) is 2.70. The predicted molar refractivity (Wildman–Crippen MR) is 103 cm³/mol. The summed E-state index contributed by atoms with van der Waals surface area (Å²) < 4.78 is 0. The van der Waals surface area contributed by atoms with E-state index in [1.807, 2.05) is 31.2 Å². The van der Waals surface area contributed by atoms with E-state index in [0.29, 0.717) is 35.8 Å². The molecule has 0 spiro atoms. The fourth-order valence-electron chi connectivity index (χ4n) is 3.43. The van der Waals surface area contributed by atoms with Crippen LogP contribution in [0.1, 0.15) is 43.0 Å². The average molecular weight is 354 g/mol. The van der Waals surface area contributed by atoms with Gasteiger partial charge in [0.25, 0.3) is 5.91 Å². The van der Waals surface area contributed by atoms with Crippen LogP contribution < -0.4 is 16.0 Å². The highest BCUT2D eigenvalue weighted by Crippen LogP contribution is 2.22. The third-order valence-electron chi connectivity index (χ3n) is 4.73. The Morgan fingerprint density at radius 2 is 2.08 bits per heavy atom. The second kappa shape index (κ2) is 8.76. The number of carbonyl (C=O) groups excluding carboxylic acids is 2. The maximum Gasteiger partial charge on any atom is 0.252 e. The van der Waals surface area contributed by atoms with E-state index in [9.17, 15) is 9.59 Å². The molecule has 1 aliphatic rings. The third kappa shape index (κ3) is 4.58. The van der Waals surface area contributed by atoms with Gasteiger partial charge in [-0.25, -0.2) is 4.98 Å². The van der Waals surface area contributed by atoms with Gasteiger partial charge in [0.2, 0.25) is 5.91 Å². The lowest BCUT2D eigenvalue weighted by molar-refractivity contribution is -0.117. The lowest BCUT2D eigenvalue weighted by Gasteiger charge is -2.14. The molecule has 2 aromatic rings. The van der Waals surface area contributed by atoms with E-state index in [4.69, 9.17) is 0 Å². The smallest absolute Gasteiger partial charge is 0.252 e. The van der Waals surface area contributed by atoms with Crippen LogP contribution in [0.15, 0.2) is 30.3 Å². The number of anilines is 1. The molecule has 138 valence electrons. The van der Waals surface area contributed by atoms with Gasteiger partial charge in [0.1, 0.15) is 5.82 Å². The van der Waals surface area contributed by atoms with Crippen LogP contribution in [0.2, 0.25) is 0 Å². The molecule has 0 aliphatic carbocycles. The highest BCUT2D eigenvalue weighted by atomic mass is 16.2. The van der Waals surface area contributed by atoms with Gasteiger partial charge in [-0.2, -0.15) is 0 Å². The molecule has 0 saturated carbocycles. The molecule has 2 heterocycles. The number of amides is 2. The number of pyridine rings is 1. The van der Waals surface area contributed by atoms with Gasteiger partial charge in [-0.15, -0.1) is 0 Å². The zero-order valence-electron chi connectivity index (χ0n) is 15.2. The normalized spacial score (nSPS) is 17.5. The van der Waals surface area contributed by atoms with Crippen LogP contribution in [0.4, 0.5) is 5.82 Å². The number of carbonyl (C=O) groups is 2. The first-order valence-electron chi connectivity index (χ1n) is 9.36. The SMILES string of the molecule is CCNC(=O)c1cc(NC(=O)CC2CCCNCC2)nc2ccccc12. The highest BCUT2D eigenvalue weighted by molar-refractivity contribution is 6.07. The van der Waals surface area contributed by atoms with Crippen molar-refractivity contribution in [1.82, 2.24) is 15.6 Å². The van der Waals surface area contributed by atoms with Crippen molar-refractivity contribution in [2.24, 2.45) is 5.92 Å². The number of para-hydroxylation sites is 1. The molecule has 1 aliphatic heterocycles. The van der Waals surface area contributed by atoms with Crippen molar-refractivity contribution >= 4 is 28.5 Å². The van der Waals surface area contributed by atoms with E-state index in [1.165, 1.54) is 0 Å². The number of fused-ring (bicyclic) bond motifs is 1. The molecule has 3 N–H and O–H groups in total. The summed E-state index contributed by atoms with van der Waals surface area (Å²) in [5, 5.41) is 9.86. The van der Waals surface area contributed by atoms with Crippen LogP contribution in [0.25, 0.3) is 10.9 Å². The van der Waals surface area contributed by atoms with Crippen LogP contribution in [-0.4, -0.2) is 36.4 Å². The second-order valence-corrected chi connectivity index (χ2v) is 6.73. The highest BCUT2D eigenvalue weighted by Gasteiger charge is 2.18.